The van der Waals surface area contributed by atoms with Crippen LogP contribution in [-0.4, -0.2) is 29.8 Å². The number of hydrogen-bond donors (Lipinski definition) is 1. The maximum atomic E-state index is 12.8. The van der Waals surface area contributed by atoms with E-state index in [9.17, 15) is 13.2 Å². The Morgan fingerprint density at radius 2 is 2.04 bits per heavy atom. The van der Waals surface area contributed by atoms with Crippen LogP contribution in [0, 0.1) is 6.92 Å². The first-order valence-electron chi connectivity index (χ1n) is 7.56. The first kappa shape index (κ1) is 19.1. The van der Waals surface area contributed by atoms with Crippen molar-refractivity contribution in [3.05, 3.63) is 46.6 Å². The largest absolute Gasteiger partial charge is 0.433 e. The molecule has 0 aliphatic heterocycles. The number of anilines is 2. The highest BCUT2D eigenvalue weighted by molar-refractivity contribution is 6.31. The Morgan fingerprint density at radius 1 is 1.32 bits per heavy atom. The van der Waals surface area contributed by atoms with Gasteiger partial charge in [-0.05, 0) is 43.7 Å². The number of pyridine rings is 1. The number of benzene rings is 1. The summed E-state index contributed by atoms with van der Waals surface area (Å²) in [7, 11) is 1.88. The molecule has 1 heterocycles. The van der Waals surface area contributed by atoms with Crippen LogP contribution >= 0.6 is 11.6 Å². The number of alkyl halides is 3. The van der Waals surface area contributed by atoms with Crippen LogP contribution in [0.4, 0.5) is 30.4 Å². The van der Waals surface area contributed by atoms with Crippen molar-refractivity contribution < 1.29 is 13.2 Å². The summed E-state index contributed by atoms with van der Waals surface area (Å²) in [5.74, 6) is 0.0841. The third kappa shape index (κ3) is 5.09. The van der Waals surface area contributed by atoms with Crippen molar-refractivity contribution in [3.8, 4) is 0 Å². The molecule has 0 radical (unpaired) electrons. The average molecular weight is 371 g/mol. The lowest BCUT2D eigenvalue weighted by Gasteiger charge is -2.14. The Labute approximate surface area is 149 Å². The fourth-order valence-electron chi connectivity index (χ4n) is 1.97. The van der Waals surface area contributed by atoms with Crippen LogP contribution in [-0.2, 0) is 6.18 Å². The Kier molecular flexibility index (Phi) is 5.89. The molecule has 2 rings (SSSR count). The molecule has 1 aromatic carbocycles. The molecule has 0 amide bonds. The molecule has 0 aliphatic rings. The van der Waals surface area contributed by atoms with Crippen LogP contribution < -0.4 is 5.32 Å². The van der Waals surface area contributed by atoms with Gasteiger partial charge in [-0.25, -0.2) is 9.98 Å². The number of aromatic nitrogens is 1. The standard InChI is InChI=1S/C17H18ClF3N4/c1-4-25(3)10-22-13-8-12(18)9-14(11(13)2)23-16-7-5-6-15(24-16)17(19,20)21/h5-10H,4H2,1-3H3,(H,23,24)/b22-10-. The number of rotatable bonds is 5. The Balaban J connectivity index is 2.34. The summed E-state index contributed by atoms with van der Waals surface area (Å²) in [6.07, 6.45) is -2.83. The molecule has 4 nitrogen and oxygen atoms in total. The van der Waals surface area contributed by atoms with E-state index in [0.29, 0.717) is 16.4 Å². The van der Waals surface area contributed by atoms with Gasteiger partial charge in [-0.15, -0.1) is 0 Å². The van der Waals surface area contributed by atoms with Crippen molar-refractivity contribution in [3.63, 3.8) is 0 Å². The molecular weight excluding hydrogens is 353 g/mol. The molecule has 134 valence electrons. The zero-order valence-corrected chi connectivity index (χ0v) is 14.8. The quantitative estimate of drug-likeness (QED) is 0.564. The highest BCUT2D eigenvalue weighted by Gasteiger charge is 2.32. The third-order valence-electron chi connectivity index (χ3n) is 3.54. The van der Waals surface area contributed by atoms with Crippen LogP contribution in [0.15, 0.2) is 35.3 Å². The van der Waals surface area contributed by atoms with Gasteiger partial charge in [0.15, 0.2) is 0 Å². The summed E-state index contributed by atoms with van der Waals surface area (Å²) in [4.78, 5) is 9.86. The van der Waals surface area contributed by atoms with E-state index in [1.165, 1.54) is 12.1 Å². The van der Waals surface area contributed by atoms with Gasteiger partial charge in [0.25, 0.3) is 0 Å². The van der Waals surface area contributed by atoms with Crippen LogP contribution in [0.25, 0.3) is 0 Å². The molecule has 0 aliphatic carbocycles. The van der Waals surface area contributed by atoms with E-state index in [1.807, 2.05) is 25.8 Å². The second-order valence-corrected chi connectivity index (χ2v) is 5.88. The number of halogens is 4. The van der Waals surface area contributed by atoms with Crippen LogP contribution in [0.1, 0.15) is 18.2 Å². The Bertz CT molecular complexity index is 775. The lowest BCUT2D eigenvalue weighted by atomic mass is 10.1. The molecule has 0 fully saturated rings. The van der Waals surface area contributed by atoms with Crippen LogP contribution in [0.3, 0.4) is 0 Å². The van der Waals surface area contributed by atoms with Crippen LogP contribution in [0.2, 0.25) is 5.02 Å². The molecule has 2 aromatic rings. The molecule has 0 bridgehead atoms. The highest BCUT2D eigenvalue weighted by Crippen LogP contribution is 2.33. The molecule has 0 saturated heterocycles. The first-order chi connectivity index (χ1) is 11.7. The first-order valence-corrected chi connectivity index (χ1v) is 7.94. The molecule has 1 aromatic heterocycles. The predicted molar refractivity (Wildman–Crippen MR) is 95.2 cm³/mol. The minimum absolute atomic E-state index is 0.0841. The van der Waals surface area contributed by atoms with Gasteiger partial charge in [0.2, 0.25) is 0 Å². The van der Waals surface area contributed by atoms with Crippen molar-refractivity contribution in [2.24, 2.45) is 4.99 Å². The van der Waals surface area contributed by atoms with Gasteiger partial charge in [-0.3, -0.25) is 0 Å². The number of nitrogens with zero attached hydrogens (tertiary/aromatic N) is 3. The second kappa shape index (κ2) is 7.74. The lowest BCUT2D eigenvalue weighted by Crippen LogP contribution is -2.14. The Hall–Kier alpha value is -2.28. The molecule has 0 saturated carbocycles. The topological polar surface area (TPSA) is 40.5 Å². The van der Waals surface area contributed by atoms with E-state index in [1.54, 1.807) is 18.5 Å². The minimum atomic E-state index is -4.50. The van der Waals surface area contributed by atoms with E-state index < -0.39 is 11.9 Å². The molecule has 0 spiro atoms. The van der Waals surface area contributed by atoms with Gasteiger partial charge in [0.1, 0.15) is 11.5 Å². The van der Waals surface area contributed by atoms with Gasteiger partial charge in [-0.1, -0.05) is 17.7 Å². The predicted octanol–water partition coefficient (Wildman–Crippen LogP) is 5.42. The second-order valence-electron chi connectivity index (χ2n) is 5.45. The van der Waals surface area contributed by atoms with E-state index in [2.05, 4.69) is 15.3 Å². The number of nitrogens with one attached hydrogen (secondary N) is 1. The monoisotopic (exact) mass is 370 g/mol. The summed E-state index contributed by atoms with van der Waals surface area (Å²) in [6.45, 7) is 4.59. The number of hydrogen-bond acceptors (Lipinski definition) is 3. The zero-order chi connectivity index (χ0) is 18.6. The van der Waals surface area contributed by atoms with Crippen molar-refractivity contribution in [1.82, 2.24) is 9.88 Å². The molecule has 0 unspecified atom stereocenters. The lowest BCUT2D eigenvalue weighted by molar-refractivity contribution is -0.141. The molecule has 25 heavy (non-hydrogen) atoms. The van der Waals surface area contributed by atoms with E-state index in [-0.39, 0.29) is 5.82 Å². The fraction of sp³-hybridized carbons (Fsp3) is 0.294. The Morgan fingerprint density at radius 3 is 2.68 bits per heavy atom. The minimum Gasteiger partial charge on any atom is -0.366 e. The highest BCUT2D eigenvalue weighted by atomic mass is 35.5. The number of aliphatic imine (C=N–C) groups is 1. The summed E-state index contributed by atoms with van der Waals surface area (Å²) >= 11 is 6.11. The van der Waals surface area contributed by atoms with Crippen molar-refractivity contribution in [1.29, 1.82) is 0 Å². The average Bonchev–Trinajstić information content (AvgIpc) is 2.55. The normalized spacial score (nSPS) is 11.8. The van der Waals surface area contributed by atoms with E-state index in [0.717, 1.165) is 18.2 Å². The molecule has 1 N–H and O–H groups in total. The van der Waals surface area contributed by atoms with Crippen LogP contribution in [0.5, 0.6) is 0 Å². The van der Waals surface area contributed by atoms with Gasteiger partial charge in [-0.2, -0.15) is 13.2 Å². The summed E-state index contributed by atoms with van der Waals surface area (Å²) in [5.41, 5.74) is 0.970. The fourth-order valence-corrected chi connectivity index (χ4v) is 2.18. The van der Waals surface area contributed by atoms with Crippen molar-refractivity contribution in [2.45, 2.75) is 20.0 Å². The van der Waals surface area contributed by atoms with Gasteiger partial charge in [0, 0.05) is 24.3 Å². The molecule has 0 atom stereocenters. The van der Waals surface area contributed by atoms with Gasteiger partial charge >= 0.3 is 6.18 Å². The SMILES string of the molecule is CCN(C)/C=N\c1cc(Cl)cc(Nc2cccc(C(F)(F)F)n2)c1C. The maximum Gasteiger partial charge on any atom is 0.433 e. The zero-order valence-electron chi connectivity index (χ0n) is 14.0. The maximum absolute atomic E-state index is 12.8. The third-order valence-corrected chi connectivity index (χ3v) is 3.76. The smallest absolute Gasteiger partial charge is 0.366 e. The summed E-state index contributed by atoms with van der Waals surface area (Å²) < 4.78 is 38.4. The van der Waals surface area contributed by atoms with Gasteiger partial charge in [0.05, 0.1) is 12.0 Å². The van der Waals surface area contributed by atoms with Crippen molar-refractivity contribution >= 4 is 35.1 Å². The van der Waals surface area contributed by atoms with Crippen molar-refractivity contribution in [2.75, 3.05) is 18.9 Å². The molecule has 8 heteroatoms. The molecular formula is C17H18ClF3N4. The summed E-state index contributed by atoms with van der Waals surface area (Å²) in [5, 5.41) is 3.31. The van der Waals surface area contributed by atoms with E-state index in [4.69, 9.17) is 11.6 Å². The van der Waals surface area contributed by atoms with E-state index >= 15 is 0 Å². The summed E-state index contributed by atoms with van der Waals surface area (Å²) in [6, 6.07) is 7.01. The van der Waals surface area contributed by atoms with Gasteiger partial charge < -0.3 is 10.2 Å².